The molecule has 1 fully saturated rings. The number of rotatable bonds is 6. The van der Waals surface area contributed by atoms with Crippen molar-refractivity contribution in [1.29, 1.82) is 0 Å². The largest absolute Gasteiger partial charge is 0.411 e. The molecule has 6 heteroatoms. The SMILES string of the molecule is CC1(CNCCOCC(F)(F)F)CCOCC1. The van der Waals surface area contributed by atoms with Crippen molar-refractivity contribution < 1.29 is 22.6 Å². The average Bonchev–Trinajstić information content (AvgIpc) is 2.23. The van der Waals surface area contributed by atoms with Crippen molar-refractivity contribution >= 4 is 0 Å². The normalized spacial score (nSPS) is 20.5. The van der Waals surface area contributed by atoms with E-state index in [1.807, 2.05) is 0 Å². The van der Waals surface area contributed by atoms with E-state index in [1.165, 1.54) is 0 Å². The summed E-state index contributed by atoms with van der Waals surface area (Å²) in [5.74, 6) is 0. The first-order valence-corrected chi connectivity index (χ1v) is 5.84. The number of hydrogen-bond donors (Lipinski definition) is 1. The highest BCUT2D eigenvalue weighted by Crippen LogP contribution is 2.28. The van der Waals surface area contributed by atoms with Crippen LogP contribution in [0.4, 0.5) is 13.2 Å². The number of halogens is 3. The third-order valence-corrected chi connectivity index (χ3v) is 2.94. The fraction of sp³-hybridized carbons (Fsp3) is 1.00. The van der Waals surface area contributed by atoms with E-state index in [9.17, 15) is 13.2 Å². The van der Waals surface area contributed by atoms with Crippen LogP contribution < -0.4 is 5.32 Å². The van der Waals surface area contributed by atoms with Gasteiger partial charge in [0.15, 0.2) is 0 Å². The fourth-order valence-electron chi connectivity index (χ4n) is 1.76. The second kappa shape index (κ2) is 6.56. The maximum Gasteiger partial charge on any atom is 0.411 e. The zero-order valence-corrected chi connectivity index (χ0v) is 10.1. The van der Waals surface area contributed by atoms with E-state index in [1.54, 1.807) is 0 Å². The van der Waals surface area contributed by atoms with E-state index in [0.29, 0.717) is 6.54 Å². The van der Waals surface area contributed by atoms with Gasteiger partial charge < -0.3 is 14.8 Å². The predicted octanol–water partition coefficient (Wildman–Crippen LogP) is 1.97. The zero-order valence-electron chi connectivity index (χ0n) is 10.1. The standard InChI is InChI=1S/C11H20F3NO2/c1-10(2-5-16-6-3-10)8-15-4-7-17-9-11(12,13)14/h15H,2-9H2,1H3. The van der Waals surface area contributed by atoms with Gasteiger partial charge in [-0.3, -0.25) is 0 Å². The number of hydrogen-bond acceptors (Lipinski definition) is 3. The number of nitrogens with one attached hydrogen (secondary N) is 1. The molecule has 17 heavy (non-hydrogen) atoms. The number of ether oxygens (including phenoxy) is 2. The minimum Gasteiger partial charge on any atom is -0.381 e. The molecule has 1 saturated heterocycles. The van der Waals surface area contributed by atoms with Crippen molar-refractivity contribution in [3.8, 4) is 0 Å². The molecule has 1 aliphatic rings. The zero-order chi connectivity index (χ0) is 12.8. The first-order chi connectivity index (χ1) is 7.91. The van der Waals surface area contributed by atoms with Crippen LogP contribution in [-0.2, 0) is 9.47 Å². The van der Waals surface area contributed by atoms with Crippen molar-refractivity contribution in [3.63, 3.8) is 0 Å². The lowest BCUT2D eigenvalue weighted by Crippen LogP contribution is -2.38. The Bertz CT molecular complexity index is 215. The van der Waals surface area contributed by atoms with Gasteiger partial charge in [-0.2, -0.15) is 13.2 Å². The Morgan fingerprint density at radius 1 is 1.29 bits per heavy atom. The molecule has 0 unspecified atom stereocenters. The van der Waals surface area contributed by atoms with Crippen LogP contribution >= 0.6 is 0 Å². The van der Waals surface area contributed by atoms with Gasteiger partial charge in [-0.05, 0) is 18.3 Å². The van der Waals surface area contributed by atoms with Gasteiger partial charge >= 0.3 is 6.18 Å². The second-order valence-electron chi connectivity index (χ2n) is 4.77. The Morgan fingerprint density at radius 2 is 1.94 bits per heavy atom. The first-order valence-electron chi connectivity index (χ1n) is 5.84. The second-order valence-corrected chi connectivity index (χ2v) is 4.77. The molecule has 0 aromatic heterocycles. The summed E-state index contributed by atoms with van der Waals surface area (Å²) in [7, 11) is 0. The van der Waals surface area contributed by atoms with E-state index < -0.39 is 12.8 Å². The summed E-state index contributed by atoms with van der Waals surface area (Å²) in [6, 6.07) is 0. The molecule has 0 amide bonds. The maximum atomic E-state index is 11.8. The molecule has 1 heterocycles. The summed E-state index contributed by atoms with van der Waals surface area (Å²) in [5, 5.41) is 3.13. The van der Waals surface area contributed by atoms with Crippen LogP contribution in [0.3, 0.4) is 0 Å². The van der Waals surface area contributed by atoms with E-state index in [2.05, 4.69) is 17.0 Å². The molecule has 1 aliphatic heterocycles. The van der Waals surface area contributed by atoms with Crippen molar-refractivity contribution in [1.82, 2.24) is 5.32 Å². The molecule has 0 spiro atoms. The fourth-order valence-corrected chi connectivity index (χ4v) is 1.76. The Balaban J connectivity index is 2.00. The monoisotopic (exact) mass is 255 g/mol. The highest BCUT2D eigenvalue weighted by molar-refractivity contribution is 4.79. The summed E-state index contributed by atoms with van der Waals surface area (Å²) in [6.45, 7) is 3.87. The molecule has 0 aromatic carbocycles. The van der Waals surface area contributed by atoms with Gasteiger partial charge in [0.25, 0.3) is 0 Å². The molecule has 3 nitrogen and oxygen atoms in total. The smallest absolute Gasteiger partial charge is 0.381 e. The summed E-state index contributed by atoms with van der Waals surface area (Å²) in [4.78, 5) is 0. The van der Waals surface area contributed by atoms with Gasteiger partial charge in [-0.1, -0.05) is 6.92 Å². The van der Waals surface area contributed by atoms with Gasteiger partial charge in [0.2, 0.25) is 0 Å². The van der Waals surface area contributed by atoms with Gasteiger partial charge in [-0.25, -0.2) is 0 Å². The van der Waals surface area contributed by atoms with Crippen LogP contribution in [0.1, 0.15) is 19.8 Å². The van der Waals surface area contributed by atoms with E-state index in [0.717, 1.165) is 32.6 Å². The molecule has 102 valence electrons. The summed E-state index contributed by atoms with van der Waals surface area (Å²) in [6.07, 6.45) is -2.25. The molecule has 0 radical (unpaired) electrons. The van der Waals surface area contributed by atoms with Crippen LogP contribution in [0.5, 0.6) is 0 Å². The molecule has 1 N–H and O–H groups in total. The quantitative estimate of drug-likeness (QED) is 0.736. The minimum absolute atomic E-state index is 0.0894. The van der Waals surface area contributed by atoms with Gasteiger partial charge in [0.1, 0.15) is 6.61 Å². The lowest BCUT2D eigenvalue weighted by molar-refractivity contribution is -0.173. The summed E-state index contributed by atoms with van der Waals surface area (Å²) < 4.78 is 45.1. The van der Waals surface area contributed by atoms with Crippen LogP contribution in [0, 0.1) is 5.41 Å². The predicted molar refractivity (Wildman–Crippen MR) is 57.9 cm³/mol. The van der Waals surface area contributed by atoms with Crippen LogP contribution in [0.25, 0.3) is 0 Å². The molecule has 0 aromatic rings. The Labute approximate surface area is 99.7 Å². The molecular weight excluding hydrogens is 235 g/mol. The third-order valence-electron chi connectivity index (χ3n) is 2.94. The Kier molecular flexibility index (Phi) is 5.69. The van der Waals surface area contributed by atoms with Gasteiger partial charge in [-0.15, -0.1) is 0 Å². The van der Waals surface area contributed by atoms with Gasteiger partial charge in [0.05, 0.1) is 6.61 Å². The van der Waals surface area contributed by atoms with Crippen molar-refractivity contribution in [3.05, 3.63) is 0 Å². The van der Waals surface area contributed by atoms with Crippen LogP contribution in [-0.4, -0.2) is 45.7 Å². The highest BCUT2D eigenvalue weighted by Gasteiger charge is 2.28. The van der Waals surface area contributed by atoms with E-state index in [4.69, 9.17) is 4.74 Å². The lowest BCUT2D eigenvalue weighted by atomic mass is 9.82. The lowest BCUT2D eigenvalue weighted by Gasteiger charge is -2.33. The first kappa shape index (κ1) is 14.7. The summed E-state index contributed by atoms with van der Waals surface area (Å²) >= 11 is 0. The third kappa shape index (κ3) is 6.85. The van der Waals surface area contributed by atoms with Gasteiger partial charge in [0, 0.05) is 26.3 Å². The van der Waals surface area contributed by atoms with Crippen molar-refractivity contribution in [2.45, 2.75) is 25.9 Å². The molecular formula is C11H20F3NO2. The molecule has 1 rings (SSSR count). The molecule has 0 aliphatic carbocycles. The van der Waals surface area contributed by atoms with Crippen LogP contribution in [0.2, 0.25) is 0 Å². The van der Waals surface area contributed by atoms with Crippen molar-refractivity contribution in [2.24, 2.45) is 5.41 Å². The topological polar surface area (TPSA) is 30.5 Å². The minimum atomic E-state index is -4.23. The van der Waals surface area contributed by atoms with E-state index >= 15 is 0 Å². The molecule has 0 atom stereocenters. The number of alkyl halides is 3. The Morgan fingerprint density at radius 3 is 2.53 bits per heavy atom. The molecule has 0 saturated carbocycles. The molecule has 0 bridgehead atoms. The maximum absolute atomic E-state index is 11.8. The van der Waals surface area contributed by atoms with Crippen molar-refractivity contribution in [2.75, 3.05) is 39.5 Å². The van der Waals surface area contributed by atoms with E-state index in [-0.39, 0.29) is 12.0 Å². The summed E-state index contributed by atoms with van der Waals surface area (Å²) in [5.41, 5.74) is 0.197. The average molecular weight is 255 g/mol. The Hall–Kier alpha value is -0.330. The highest BCUT2D eigenvalue weighted by atomic mass is 19.4. The van der Waals surface area contributed by atoms with Crippen LogP contribution in [0.15, 0.2) is 0 Å².